The van der Waals surface area contributed by atoms with E-state index in [0.29, 0.717) is 0 Å². The Bertz CT molecular complexity index is 116. The van der Waals surface area contributed by atoms with Gasteiger partial charge in [-0.15, -0.1) is 11.1 Å². The maximum Gasteiger partial charge on any atom is 0 e. The van der Waals surface area contributed by atoms with Gasteiger partial charge in [-0.3, -0.25) is 0 Å². The second kappa shape index (κ2) is 3.85. The van der Waals surface area contributed by atoms with Gasteiger partial charge in [0.15, 0.2) is 0 Å². The molecule has 1 heterocycles. The standard InChI is InChI=1S/C9H18N.Y/c1-8(2)6-5-7-9(3,4)10-8;/h5-7H2,1-4H3;/q-1;. The quantitative estimate of drug-likeness (QED) is 0.606. The second-order valence-electron chi connectivity index (χ2n) is 4.59. The number of rotatable bonds is 0. The Kier molecular flexibility index (Phi) is 4.22. The summed E-state index contributed by atoms with van der Waals surface area (Å²) in [6.45, 7) is 8.92. The van der Waals surface area contributed by atoms with Gasteiger partial charge in [-0.05, 0) is 0 Å². The topological polar surface area (TPSA) is 14.1 Å². The van der Waals surface area contributed by atoms with Crippen molar-refractivity contribution in [2.24, 2.45) is 0 Å². The summed E-state index contributed by atoms with van der Waals surface area (Å²) >= 11 is 0. The van der Waals surface area contributed by atoms with Gasteiger partial charge in [0.25, 0.3) is 0 Å². The first-order valence-electron chi connectivity index (χ1n) is 4.15. The molecule has 0 aromatic carbocycles. The monoisotopic (exact) mass is 229 g/mol. The van der Waals surface area contributed by atoms with Gasteiger partial charge in [0.05, 0.1) is 0 Å². The molecule has 0 saturated carbocycles. The molecule has 1 saturated heterocycles. The van der Waals surface area contributed by atoms with E-state index in [9.17, 15) is 0 Å². The van der Waals surface area contributed by atoms with E-state index in [-0.39, 0.29) is 43.8 Å². The van der Waals surface area contributed by atoms with Crippen molar-refractivity contribution in [2.75, 3.05) is 0 Å². The smallest absolute Gasteiger partial charge is 0 e. The van der Waals surface area contributed by atoms with Gasteiger partial charge in [0.1, 0.15) is 0 Å². The molecule has 1 rings (SSSR count). The minimum Gasteiger partial charge on any atom is -0.652 e. The van der Waals surface area contributed by atoms with Crippen LogP contribution >= 0.6 is 0 Å². The molecule has 0 unspecified atom stereocenters. The van der Waals surface area contributed by atoms with Gasteiger partial charge in [0.2, 0.25) is 0 Å². The summed E-state index contributed by atoms with van der Waals surface area (Å²) in [4.78, 5) is 0. The second-order valence-corrected chi connectivity index (χ2v) is 4.59. The molecular formula is C9H18NY-. The van der Waals surface area contributed by atoms with Gasteiger partial charge in [-0.1, -0.05) is 47.0 Å². The molecule has 0 aromatic rings. The van der Waals surface area contributed by atoms with Gasteiger partial charge in [-0.25, -0.2) is 0 Å². The van der Waals surface area contributed by atoms with E-state index >= 15 is 0 Å². The van der Waals surface area contributed by atoms with Gasteiger partial charge >= 0.3 is 0 Å². The molecule has 0 aliphatic carbocycles. The molecule has 1 fully saturated rings. The van der Waals surface area contributed by atoms with Crippen LogP contribution in [0.25, 0.3) is 5.32 Å². The van der Waals surface area contributed by atoms with Crippen LogP contribution in [0.15, 0.2) is 0 Å². The summed E-state index contributed by atoms with van der Waals surface area (Å²) < 4.78 is 0. The zero-order valence-corrected chi connectivity index (χ0v) is 11.0. The normalized spacial score (nSPS) is 27.3. The Morgan fingerprint density at radius 3 is 1.45 bits per heavy atom. The molecule has 0 atom stereocenters. The largest absolute Gasteiger partial charge is 0.652 e. The molecule has 0 amide bonds. The first-order chi connectivity index (χ1) is 4.41. The Labute approximate surface area is 95.6 Å². The number of hydrogen-bond donors (Lipinski definition) is 0. The average Bonchev–Trinajstić information content (AvgIpc) is 1.56. The Balaban J connectivity index is 0.000001000. The molecule has 0 bridgehead atoms. The molecule has 1 aliphatic heterocycles. The van der Waals surface area contributed by atoms with E-state index in [2.05, 4.69) is 27.7 Å². The fourth-order valence-corrected chi connectivity index (χ4v) is 1.88. The van der Waals surface area contributed by atoms with Crippen LogP contribution in [0.3, 0.4) is 0 Å². The zero-order chi connectivity index (χ0) is 7.83. The Hall–Kier alpha value is 1.06. The Morgan fingerprint density at radius 1 is 0.909 bits per heavy atom. The van der Waals surface area contributed by atoms with Crippen molar-refractivity contribution in [2.45, 2.75) is 58.0 Å². The molecule has 1 nitrogen and oxygen atoms in total. The fraction of sp³-hybridized carbons (Fsp3) is 1.00. The molecule has 11 heavy (non-hydrogen) atoms. The third-order valence-corrected chi connectivity index (χ3v) is 2.18. The first kappa shape index (κ1) is 12.1. The molecule has 0 spiro atoms. The predicted molar refractivity (Wildman–Crippen MR) is 45.4 cm³/mol. The van der Waals surface area contributed by atoms with Crippen LogP contribution in [0.2, 0.25) is 0 Å². The molecule has 1 radical (unpaired) electrons. The third kappa shape index (κ3) is 4.01. The molecule has 63 valence electrons. The van der Waals surface area contributed by atoms with Crippen molar-refractivity contribution in [1.82, 2.24) is 0 Å². The van der Waals surface area contributed by atoms with Crippen LogP contribution in [-0.4, -0.2) is 11.1 Å². The van der Waals surface area contributed by atoms with Crippen molar-refractivity contribution in [3.05, 3.63) is 5.32 Å². The minimum atomic E-state index is 0. The SMILES string of the molecule is CC1(C)CCCC(C)(C)[N-]1.[Y]. The van der Waals surface area contributed by atoms with Crippen molar-refractivity contribution < 1.29 is 32.7 Å². The van der Waals surface area contributed by atoms with Crippen LogP contribution in [0.1, 0.15) is 47.0 Å². The van der Waals surface area contributed by atoms with E-state index in [1.54, 1.807) is 0 Å². The van der Waals surface area contributed by atoms with Crippen LogP contribution in [0.5, 0.6) is 0 Å². The van der Waals surface area contributed by atoms with Crippen molar-refractivity contribution in [1.29, 1.82) is 0 Å². The molecule has 2 heteroatoms. The van der Waals surface area contributed by atoms with Crippen LogP contribution in [0.4, 0.5) is 0 Å². The number of piperidine rings is 1. The number of hydrogen-bond acceptors (Lipinski definition) is 0. The van der Waals surface area contributed by atoms with E-state index in [4.69, 9.17) is 5.32 Å². The number of nitrogens with zero attached hydrogens (tertiary/aromatic N) is 1. The summed E-state index contributed by atoms with van der Waals surface area (Å²) in [5, 5.41) is 4.75. The summed E-state index contributed by atoms with van der Waals surface area (Å²) in [7, 11) is 0. The molecular weight excluding hydrogens is 211 g/mol. The van der Waals surface area contributed by atoms with Crippen molar-refractivity contribution >= 4 is 0 Å². The summed E-state index contributed by atoms with van der Waals surface area (Å²) in [6, 6.07) is 0. The van der Waals surface area contributed by atoms with E-state index < -0.39 is 0 Å². The van der Waals surface area contributed by atoms with Crippen LogP contribution in [0, 0.1) is 0 Å². The maximum atomic E-state index is 4.75. The first-order valence-corrected chi connectivity index (χ1v) is 4.15. The minimum absolute atomic E-state index is 0. The van der Waals surface area contributed by atoms with Crippen molar-refractivity contribution in [3.63, 3.8) is 0 Å². The van der Waals surface area contributed by atoms with E-state index in [1.165, 1.54) is 19.3 Å². The zero-order valence-electron chi connectivity index (χ0n) is 8.15. The van der Waals surface area contributed by atoms with Gasteiger partial charge in [0, 0.05) is 32.7 Å². The van der Waals surface area contributed by atoms with E-state index in [1.807, 2.05) is 0 Å². The Morgan fingerprint density at radius 2 is 1.27 bits per heavy atom. The summed E-state index contributed by atoms with van der Waals surface area (Å²) in [5.41, 5.74) is 0.476. The predicted octanol–water partition coefficient (Wildman–Crippen LogP) is 3.10. The fourth-order valence-electron chi connectivity index (χ4n) is 1.88. The van der Waals surface area contributed by atoms with Crippen LogP contribution in [-0.2, 0) is 32.7 Å². The van der Waals surface area contributed by atoms with Crippen molar-refractivity contribution in [3.8, 4) is 0 Å². The molecule has 0 N–H and O–H groups in total. The van der Waals surface area contributed by atoms with E-state index in [0.717, 1.165) is 0 Å². The third-order valence-electron chi connectivity index (χ3n) is 2.18. The summed E-state index contributed by atoms with van der Waals surface area (Å²) in [6.07, 6.45) is 3.86. The van der Waals surface area contributed by atoms with Gasteiger partial charge in [-0.2, -0.15) is 0 Å². The van der Waals surface area contributed by atoms with Gasteiger partial charge < -0.3 is 5.32 Å². The molecule has 1 aliphatic rings. The molecule has 0 aromatic heterocycles. The summed E-state index contributed by atoms with van der Waals surface area (Å²) in [5.74, 6) is 0. The van der Waals surface area contributed by atoms with Crippen LogP contribution < -0.4 is 0 Å². The maximum absolute atomic E-state index is 4.75. The average molecular weight is 229 g/mol.